The van der Waals surface area contributed by atoms with Gasteiger partial charge in [0.05, 0.1) is 0 Å². The second kappa shape index (κ2) is 14.6. The number of rotatable bonds is 7. The summed E-state index contributed by atoms with van der Waals surface area (Å²) in [5.74, 6) is -1.06. The zero-order valence-corrected chi connectivity index (χ0v) is 22.4. The molecule has 0 heterocycles. The summed E-state index contributed by atoms with van der Waals surface area (Å²) in [6.07, 6.45) is 0. The van der Waals surface area contributed by atoms with Crippen LogP contribution in [0.3, 0.4) is 0 Å². The Hall–Kier alpha value is -2.42. The minimum absolute atomic E-state index is 0.426. The molecule has 0 unspecified atom stereocenters. The first-order chi connectivity index (χ1) is 15.1. The molecule has 0 aromatic heterocycles. The van der Waals surface area contributed by atoms with Gasteiger partial charge in [-0.15, -0.1) is 0 Å². The topological polar surface area (TPSA) is 114 Å². The third-order valence-corrected chi connectivity index (χ3v) is 10.4. The van der Waals surface area contributed by atoms with Gasteiger partial charge in [-0.1, -0.05) is 0 Å². The molecule has 2 aromatic rings. The Morgan fingerprint density at radius 3 is 1.22 bits per heavy atom. The van der Waals surface area contributed by atoms with Crippen molar-refractivity contribution in [3.05, 3.63) is 61.7 Å². The van der Waals surface area contributed by atoms with Gasteiger partial charge in [0.2, 0.25) is 0 Å². The van der Waals surface area contributed by atoms with Gasteiger partial charge in [0.1, 0.15) is 0 Å². The van der Waals surface area contributed by atoms with Gasteiger partial charge in [-0.2, -0.15) is 0 Å². The van der Waals surface area contributed by atoms with E-state index in [1.807, 2.05) is 18.2 Å². The molecule has 0 aliphatic heterocycles. The Kier molecular flexibility index (Phi) is 12.6. The van der Waals surface area contributed by atoms with Crippen LogP contribution in [0.2, 0.25) is 0 Å². The summed E-state index contributed by atoms with van der Waals surface area (Å²) in [7, 11) is 1.56. The normalized spacial score (nSPS) is 10.4. The standard InChI is InChI=1S/C11H13IO5.C10H11IO4/c1-8(13)16-12(17-9(2)14)10-4-6-11(15-3)7-5-10;1-8(12)14-11(15-9(2)13)10-6-4-3-5-7-10/h4-7H,1-3H3;3-7H,1-2H3. The Morgan fingerprint density at radius 1 is 0.562 bits per heavy atom. The number of carbonyl (C=O) groups is 4. The van der Waals surface area contributed by atoms with Gasteiger partial charge < -0.3 is 0 Å². The Bertz CT molecular complexity index is 869. The molecular formula is C21H24I2O9. The van der Waals surface area contributed by atoms with Crippen molar-refractivity contribution in [3.63, 3.8) is 0 Å². The van der Waals surface area contributed by atoms with Crippen molar-refractivity contribution in [2.45, 2.75) is 27.7 Å². The third-order valence-electron chi connectivity index (χ3n) is 2.85. The summed E-state index contributed by atoms with van der Waals surface area (Å²) < 4.78 is 26.7. The fourth-order valence-corrected chi connectivity index (χ4v) is 7.19. The SMILES string of the molecule is CC(=O)OI(OC(C)=O)c1ccccc1.COc1ccc(I(OC(C)=O)OC(C)=O)cc1. The number of carbonyl (C=O) groups excluding carboxylic acids is 4. The van der Waals surface area contributed by atoms with E-state index in [0.717, 1.165) is 7.14 Å². The molecular weight excluding hydrogens is 650 g/mol. The van der Waals surface area contributed by atoms with Crippen molar-refractivity contribution in [3.8, 4) is 5.75 Å². The summed E-state index contributed by atoms with van der Waals surface area (Å²) in [5, 5.41) is 0. The summed E-state index contributed by atoms with van der Waals surface area (Å²) in [4.78, 5) is 43.5. The van der Waals surface area contributed by atoms with Crippen LogP contribution >= 0.6 is 41.3 Å². The zero-order valence-electron chi connectivity index (χ0n) is 18.1. The van der Waals surface area contributed by atoms with Crippen LogP contribution in [0.4, 0.5) is 0 Å². The molecule has 0 radical (unpaired) electrons. The molecule has 0 spiro atoms. The molecule has 2 rings (SSSR count). The Labute approximate surface area is 202 Å². The molecule has 0 aliphatic carbocycles. The summed E-state index contributed by atoms with van der Waals surface area (Å²) in [6.45, 7) is 5.18. The van der Waals surface area contributed by atoms with Gasteiger partial charge in [0, 0.05) is 0 Å². The van der Waals surface area contributed by atoms with E-state index in [4.69, 9.17) is 17.0 Å². The zero-order chi connectivity index (χ0) is 24.1. The van der Waals surface area contributed by atoms with Crippen LogP contribution in [0, 0.1) is 7.14 Å². The minimum atomic E-state index is -2.68. The fourth-order valence-electron chi connectivity index (χ4n) is 1.80. The molecule has 2 aromatic carbocycles. The van der Waals surface area contributed by atoms with Gasteiger partial charge in [0.25, 0.3) is 0 Å². The van der Waals surface area contributed by atoms with E-state index in [9.17, 15) is 19.2 Å². The second-order valence-corrected chi connectivity index (χ2v) is 12.4. The molecule has 0 saturated carbocycles. The second-order valence-electron chi connectivity index (χ2n) is 5.66. The molecule has 0 amide bonds. The van der Waals surface area contributed by atoms with Crippen molar-refractivity contribution in [1.29, 1.82) is 0 Å². The van der Waals surface area contributed by atoms with E-state index in [2.05, 4.69) is 0 Å². The summed E-state index contributed by atoms with van der Waals surface area (Å²) in [5.41, 5.74) is 0. The van der Waals surface area contributed by atoms with Crippen LogP contribution < -0.4 is 4.74 Å². The van der Waals surface area contributed by atoms with E-state index < -0.39 is 65.2 Å². The van der Waals surface area contributed by atoms with Crippen LogP contribution in [0.15, 0.2) is 54.6 Å². The molecule has 0 saturated heterocycles. The van der Waals surface area contributed by atoms with E-state index >= 15 is 0 Å². The van der Waals surface area contributed by atoms with Crippen molar-refractivity contribution in [2.75, 3.05) is 7.11 Å². The van der Waals surface area contributed by atoms with Crippen LogP contribution in [0.1, 0.15) is 27.7 Å². The maximum atomic E-state index is 10.9. The molecule has 176 valence electrons. The van der Waals surface area contributed by atoms with Crippen LogP contribution in [-0.2, 0) is 31.4 Å². The van der Waals surface area contributed by atoms with Gasteiger partial charge >= 0.3 is 204 Å². The van der Waals surface area contributed by atoms with Crippen LogP contribution in [0.5, 0.6) is 5.75 Å². The molecule has 0 fully saturated rings. The molecule has 11 heteroatoms. The molecule has 32 heavy (non-hydrogen) atoms. The van der Waals surface area contributed by atoms with Crippen molar-refractivity contribution in [1.82, 2.24) is 0 Å². The first-order valence-electron chi connectivity index (χ1n) is 8.97. The monoisotopic (exact) mass is 674 g/mol. The molecule has 0 N–H and O–H groups in total. The first kappa shape index (κ1) is 27.6. The summed E-state index contributed by atoms with van der Waals surface area (Å²) in [6, 6.07) is 16.0. The quantitative estimate of drug-likeness (QED) is 0.388. The number of methoxy groups -OCH3 is 1. The maximum absolute atomic E-state index is 10.9. The van der Waals surface area contributed by atoms with Gasteiger partial charge in [-0.25, -0.2) is 0 Å². The number of halogens is 2. The molecule has 9 nitrogen and oxygen atoms in total. The Balaban J connectivity index is 0.000000323. The van der Waals surface area contributed by atoms with Crippen molar-refractivity contribution < 1.29 is 36.2 Å². The summed E-state index contributed by atoms with van der Waals surface area (Å²) >= 11 is -5.28. The van der Waals surface area contributed by atoms with E-state index in [1.54, 1.807) is 43.5 Å². The van der Waals surface area contributed by atoms with Crippen LogP contribution in [0.25, 0.3) is 0 Å². The first-order valence-corrected chi connectivity index (χ1v) is 14.7. The average Bonchev–Trinajstić information content (AvgIpc) is 2.73. The fraction of sp³-hybridized carbons (Fsp3) is 0.238. The molecule has 0 bridgehead atoms. The van der Waals surface area contributed by atoms with E-state index in [0.29, 0.717) is 5.75 Å². The number of ether oxygens (including phenoxy) is 1. The van der Waals surface area contributed by atoms with E-state index in [-0.39, 0.29) is 0 Å². The predicted molar refractivity (Wildman–Crippen MR) is 132 cm³/mol. The average molecular weight is 674 g/mol. The molecule has 0 atom stereocenters. The number of hydrogen-bond acceptors (Lipinski definition) is 9. The number of benzene rings is 2. The van der Waals surface area contributed by atoms with Gasteiger partial charge in [0.15, 0.2) is 0 Å². The molecule has 0 aliphatic rings. The predicted octanol–water partition coefficient (Wildman–Crippen LogP) is 4.65. The number of hydrogen-bond donors (Lipinski definition) is 0. The van der Waals surface area contributed by atoms with Gasteiger partial charge in [-0.3, -0.25) is 0 Å². The van der Waals surface area contributed by atoms with Crippen LogP contribution in [-0.4, -0.2) is 31.0 Å². The van der Waals surface area contributed by atoms with E-state index in [1.165, 1.54) is 27.7 Å². The van der Waals surface area contributed by atoms with Crippen molar-refractivity contribution in [2.24, 2.45) is 0 Å². The Morgan fingerprint density at radius 2 is 0.906 bits per heavy atom. The third kappa shape index (κ3) is 11.3. The van der Waals surface area contributed by atoms with Gasteiger partial charge in [-0.05, 0) is 0 Å². The van der Waals surface area contributed by atoms with Crippen molar-refractivity contribution >= 4 is 65.2 Å².